The number of hydrogen-bond acceptors (Lipinski definition) is 4. The Morgan fingerprint density at radius 3 is 2.44 bits per heavy atom. The minimum atomic E-state index is -0.950. The number of nitrogens with zero attached hydrogens (tertiary/aromatic N) is 3. The number of carbonyl (C=O) groups excluding carboxylic acids is 1. The summed E-state index contributed by atoms with van der Waals surface area (Å²) in [5, 5.41) is 16.3. The van der Waals surface area contributed by atoms with Gasteiger partial charge in [-0.1, -0.05) is 13.8 Å². The third-order valence-electron chi connectivity index (χ3n) is 4.43. The van der Waals surface area contributed by atoms with Gasteiger partial charge in [0.25, 0.3) is 5.91 Å². The number of hydrogen-bond donors (Lipinski definition) is 2. The van der Waals surface area contributed by atoms with Gasteiger partial charge >= 0.3 is 5.97 Å². The second kappa shape index (κ2) is 7.04. The molecule has 2 heterocycles. The van der Waals surface area contributed by atoms with Gasteiger partial charge in [-0.15, -0.1) is 0 Å². The topological polar surface area (TPSA) is 97.1 Å². The number of nitrogens with one attached hydrogen (secondary N) is 1. The van der Waals surface area contributed by atoms with Crippen LogP contribution >= 0.6 is 0 Å². The molecule has 25 heavy (non-hydrogen) atoms. The molecule has 0 bridgehead atoms. The largest absolute Gasteiger partial charge is 0.481 e. The number of carboxylic acid groups (broad SMARTS) is 1. The fraction of sp³-hybridized carbons (Fsp3) is 0.444. The molecule has 0 spiro atoms. The smallest absolute Gasteiger partial charge is 0.305 e. The number of carboxylic acids is 1. The average Bonchev–Trinajstić information content (AvgIpc) is 2.85. The van der Waals surface area contributed by atoms with E-state index in [-0.39, 0.29) is 18.2 Å². The molecule has 0 saturated heterocycles. The van der Waals surface area contributed by atoms with E-state index in [4.69, 9.17) is 5.11 Å². The highest BCUT2D eigenvalue weighted by molar-refractivity contribution is 5.94. The molecule has 0 aliphatic carbocycles. The maximum atomic E-state index is 12.5. The van der Waals surface area contributed by atoms with Crippen molar-refractivity contribution in [3.05, 3.63) is 41.3 Å². The highest BCUT2D eigenvalue weighted by Crippen LogP contribution is 2.21. The third-order valence-corrected chi connectivity index (χ3v) is 4.43. The molecule has 134 valence electrons. The van der Waals surface area contributed by atoms with Gasteiger partial charge in [-0.05, 0) is 44.9 Å². The summed E-state index contributed by atoms with van der Waals surface area (Å²) in [5.41, 5.74) is 1.39. The van der Waals surface area contributed by atoms with Gasteiger partial charge < -0.3 is 10.4 Å². The molecule has 7 heteroatoms. The van der Waals surface area contributed by atoms with Crippen LogP contribution in [0, 0.1) is 19.8 Å². The zero-order chi connectivity index (χ0) is 18.8. The maximum absolute atomic E-state index is 12.5. The summed E-state index contributed by atoms with van der Waals surface area (Å²) in [4.78, 5) is 27.9. The van der Waals surface area contributed by atoms with Crippen molar-refractivity contribution in [3.8, 4) is 5.82 Å². The van der Waals surface area contributed by atoms with Crippen LogP contribution in [0.5, 0.6) is 0 Å². The van der Waals surface area contributed by atoms with E-state index in [9.17, 15) is 9.59 Å². The molecule has 0 aromatic carbocycles. The number of pyridine rings is 1. The van der Waals surface area contributed by atoms with Crippen LogP contribution in [0.4, 0.5) is 0 Å². The lowest BCUT2D eigenvalue weighted by molar-refractivity contribution is -0.138. The second-order valence-electron chi connectivity index (χ2n) is 6.84. The van der Waals surface area contributed by atoms with E-state index in [0.717, 1.165) is 11.4 Å². The van der Waals surface area contributed by atoms with Crippen molar-refractivity contribution in [2.75, 3.05) is 0 Å². The van der Waals surface area contributed by atoms with Gasteiger partial charge in [0, 0.05) is 11.9 Å². The normalized spacial score (nSPS) is 13.5. The highest BCUT2D eigenvalue weighted by atomic mass is 16.4. The van der Waals surface area contributed by atoms with Crippen LogP contribution in [0.2, 0.25) is 0 Å². The predicted molar refractivity (Wildman–Crippen MR) is 93.8 cm³/mol. The predicted octanol–water partition coefficient (Wildman–Crippen LogP) is 2.50. The summed E-state index contributed by atoms with van der Waals surface area (Å²) >= 11 is 0. The molecule has 0 fully saturated rings. The average molecular weight is 344 g/mol. The Kier molecular flexibility index (Phi) is 5.25. The number of aromatic nitrogens is 3. The quantitative estimate of drug-likeness (QED) is 0.839. The van der Waals surface area contributed by atoms with E-state index >= 15 is 0 Å². The monoisotopic (exact) mass is 344 g/mol. The third kappa shape index (κ3) is 4.23. The minimum absolute atomic E-state index is 0.0329. The van der Waals surface area contributed by atoms with Gasteiger partial charge in [-0.25, -0.2) is 9.67 Å². The first-order valence-corrected chi connectivity index (χ1v) is 8.16. The lowest BCUT2D eigenvalue weighted by Crippen LogP contribution is -2.51. The van der Waals surface area contributed by atoms with Crippen molar-refractivity contribution < 1.29 is 14.7 Å². The second-order valence-corrected chi connectivity index (χ2v) is 6.84. The van der Waals surface area contributed by atoms with Gasteiger partial charge in [0.15, 0.2) is 5.82 Å². The van der Waals surface area contributed by atoms with Crippen LogP contribution in [0.15, 0.2) is 24.4 Å². The number of amides is 1. The molecule has 2 aromatic heterocycles. The molecule has 1 amide bonds. The Labute approximate surface area is 147 Å². The molecular weight excluding hydrogens is 320 g/mol. The summed E-state index contributed by atoms with van der Waals surface area (Å²) in [7, 11) is 0. The maximum Gasteiger partial charge on any atom is 0.305 e. The number of carbonyl (C=O) groups is 2. The standard InChI is InChI=1S/C18H24N4O3/c1-11(2)18(5,9-16(23)24)20-17(25)14-6-7-15(19-10-14)22-13(4)8-12(3)21-22/h6-8,10-11H,9H2,1-5H3,(H,20,25)(H,23,24). The van der Waals surface area contributed by atoms with Crippen LogP contribution < -0.4 is 5.32 Å². The van der Waals surface area contributed by atoms with E-state index < -0.39 is 11.5 Å². The molecule has 0 aliphatic heterocycles. The van der Waals surface area contributed by atoms with Crippen molar-refractivity contribution in [2.24, 2.45) is 5.92 Å². The van der Waals surface area contributed by atoms with Crippen molar-refractivity contribution in [1.82, 2.24) is 20.1 Å². The van der Waals surface area contributed by atoms with Crippen LogP contribution in [0.1, 0.15) is 48.9 Å². The Morgan fingerprint density at radius 1 is 1.32 bits per heavy atom. The first-order valence-electron chi connectivity index (χ1n) is 8.16. The van der Waals surface area contributed by atoms with Crippen LogP contribution in [0.25, 0.3) is 5.82 Å². The molecular formula is C18H24N4O3. The molecule has 1 unspecified atom stereocenters. The van der Waals surface area contributed by atoms with E-state index in [1.807, 2.05) is 33.8 Å². The Hall–Kier alpha value is -2.70. The number of rotatable bonds is 6. The lowest BCUT2D eigenvalue weighted by Gasteiger charge is -2.33. The van der Waals surface area contributed by atoms with Gasteiger partial charge in [-0.2, -0.15) is 5.10 Å². The summed E-state index contributed by atoms with van der Waals surface area (Å²) in [6.07, 6.45) is 1.33. The summed E-state index contributed by atoms with van der Waals surface area (Å²) in [6.45, 7) is 9.34. The minimum Gasteiger partial charge on any atom is -0.481 e. The fourth-order valence-electron chi connectivity index (χ4n) is 2.54. The number of aryl methyl sites for hydroxylation is 2. The van der Waals surface area contributed by atoms with E-state index in [1.165, 1.54) is 6.20 Å². The van der Waals surface area contributed by atoms with Crippen molar-refractivity contribution in [3.63, 3.8) is 0 Å². The molecule has 0 aliphatic rings. The zero-order valence-corrected chi connectivity index (χ0v) is 15.2. The summed E-state index contributed by atoms with van der Waals surface area (Å²) < 4.78 is 1.71. The summed E-state index contributed by atoms with van der Waals surface area (Å²) in [5.74, 6) is -0.701. The Bertz CT molecular complexity index is 780. The Balaban J connectivity index is 2.20. The molecule has 0 saturated carbocycles. The Morgan fingerprint density at radius 2 is 2.00 bits per heavy atom. The first kappa shape index (κ1) is 18.6. The number of aliphatic carboxylic acids is 1. The van der Waals surface area contributed by atoms with Crippen molar-refractivity contribution in [2.45, 2.75) is 46.6 Å². The first-order chi connectivity index (χ1) is 11.6. The van der Waals surface area contributed by atoms with E-state index in [2.05, 4.69) is 15.4 Å². The molecule has 2 N–H and O–H groups in total. The molecule has 0 radical (unpaired) electrons. The fourth-order valence-corrected chi connectivity index (χ4v) is 2.54. The van der Waals surface area contributed by atoms with Gasteiger partial charge in [0.1, 0.15) is 0 Å². The SMILES string of the molecule is Cc1cc(C)n(-c2ccc(C(=O)NC(C)(CC(=O)O)C(C)C)cn2)n1. The van der Waals surface area contributed by atoms with Crippen molar-refractivity contribution >= 4 is 11.9 Å². The van der Waals surface area contributed by atoms with Crippen LogP contribution in [-0.2, 0) is 4.79 Å². The molecule has 7 nitrogen and oxygen atoms in total. The zero-order valence-electron chi connectivity index (χ0n) is 15.2. The van der Waals surface area contributed by atoms with Crippen LogP contribution in [-0.4, -0.2) is 37.3 Å². The van der Waals surface area contributed by atoms with Gasteiger partial charge in [0.2, 0.25) is 0 Å². The van der Waals surface area contributed by atoms with Gasteiger partial charge in [-0.3, -0.25) is 9.59 Å². The lowest BCUT2D eigenvalue weighted by atomic mass is 9.85. The van der Waals surface area contributed by atoms with E-state index in [1.54, 1.807) is 23.7 Å². The highest BCUT2D eigenvalue weighted by Gasteiger charge is 2.33. The molecule has 2 rings (SSSR count). The van der Waals surface area contributed by atoms with E-state index in [0.29, 0.717) is 11.4 Å². The van der Waals surface area contributed by atoms with Crippen molar-refractivity contribution in [1.29, 1.82) is 0 Å². The summed E-state index contributed by atoms with van der Waals surface area (Å²) in [6, 6.07) is 5.33. The van der Waals surface area contributed by atoms with Crippen LogP contribution in [0.3, 0.4) is 0 Å². The molecule has 2 aromatic rings. The molecule has 1 atom stereocenters. The van der Waals surface area contributed by atoms with Gasteiger partial charge in [0.05, 0.1) is 23.2 Å².